The van der Waals surface area contributed by atoms with Gasteiger partial charge in [0.1, 0.15) is 0 Å². The van der Waals surface area contributed by atoms with E-state index in [0.717, 1.165) is 12.6 Å². The number of anilines is 1. The number of ether oxygens (including phenoxy) is 1. The Labute approximate surface area is 86.2 Å². The fraction of sp³-hybridized carbons (Fsp3) is 0.400. The second-order valence-corrected chi connectivity index (χ2v) is 3.47. The molecule has 0 spiro atoms. The highest BCUT2D eigenvalue weighted by Crippen LogP contribution is 2.24. The summed E-state index contributed by atoms with van der Waals surface area (Å²) in [5.74, 6) is -1.93. The molecule has 1 heterocycles. The molecule has 82 valence electrons. The maximum absolute atomic E-state index is 13.1. The number of hydrogen-bond acceptors (Lipinski definition) is 3. The fourth-order valence-electron chi connectivity index (χ4n) is 1.60. The molecule has 1 aliphatic rings. The molecule has 2 rings (SSSR count). The van der Waals surface area contributed by atoms with Gasteiger partial charge >= 0.3 is 0 Å². The topological polar surface area (TPSA) is 47.3 Å². The molecule has 0 saturated carbocycles. The molecule has 1 aliphatic heterocycles. The number of nitrogen functional groups attached to an aromatic ring is 1. The third-order valence-electron chi connectivity index (χ3n) is 2.38. The first-order valence-electron chi connectivity index (χ1n) is 4.75. The van der Waals surface area contributed by atoms with Crippen LogP contribution in [0.2, 0.25) is 0 Å². The van der Waals surface area contributed by atoms with E-state index in [0.29, 0.717) is 18.7 Å². The van der Waals surface area contributed by atoms with Gasteiger partial charge in [0, 0.05) is 13.1 Å². The summed E-state index contributed by atoms with van der Waals surface area (Å²) < 4.78 is 31.4. The van der Waals surface area contributed by atoms with Crippen LogP contribution in [0.1, 0.15) is 11.7 Å². The van der Waals surface area contributed by atoms with E-state index in [4.69, 9.17) is 10.5 Å². The average Bonchev–Trinajstić information content (AvgIpc) is 2.26. The van der Waals surface area contributed by atoms with Crippen molar-refractivity contribution in [3.63, 3.8) is 0 Å². The van der Waals surface area contributed by atoms with Crippen molar-refractivity contribution in [3.05, 3.63) is 29.3 Å². The molecule has 1 aromatic carbocycles. The third-order valence-corrected chi connectivity index (χ3v) is 2.38. The van der Waals surface area contributed by atoms with Crippen LogP contribution >= 0.6 is 0 Å². The number of nitrogens with two attached hydrogens (primary N) is 1. The largest absolute Gasteiger partial charge is 0.396 e. The molecule has 1 aromatic rings. The number of hydrogen-bond donors (Lipinski definition) is 2. The zero-order valence-corrected chi connectivity index (χ0v) is 8.09. The Morgan fingerprint density at radius 1 is 1.40 bits per heavy atom. The van der Waals surface area contributed by atoms with E-state index in [1.54, 1.807) is 0 Å². The molecule has 1 fully saturated rings. The molecule has 0 aliphatic carbocycles. The molecule has 1 unspecified atom stereocenters. The van der Waals surface area contributed by atoms with Gasteiger partial charge in [-0.05, 0) is 17.7 Å². The average molecular weight is 214 g/mol. The van der Waals surface area contributed by atoms with Crippen LogP contribution in [-0.4, -0.2) is 19.7 Å². The van der Waals surface area contributed by atoms with Gasteiger partial charge in [-0.3, -0.25) is 0 Å². The zero-order chi connectivity index (χ0) is 10.8. The first-order chi connectivity index (χ1) is 7.18. The van der Waals surface area contributed by atoms with Crippen LogP contribution in [0.25, 0.3) is 0 Å². The highest BCUT2D eigenvalue weighted by molar-refractivity contribution is 5.44. The number of morpholine rings is 1. The second-order valence-electron chi connectivity index (χ2n) is 3.47. The summed E-state index contributed by atoms with van der Waals surface area (Å²) in [7, 11) is 0. The molecule has 1 saturated heterocycles. The summed E-state index contributed by atoms with van der Waals surface area (Å²) in [5.41, 5.74) is 5.72. The normalized spacial score (nSPS) is 21.6. The summed E-state index contributed by atoms with van der Waals surface area (Å²) in [6, 6.07) is 2.54. The van der Waals surface area contributed by atoms with Crippen LogP contribution in [0.5, 0.6) is 0 Å². The van der Waals surface area contributed by atoms with E-state index in [1.807, 2.05) is 0 Å². The van der Waals surface area contributed by atoms with Crippen LogP contribution < -0.4 is 11.1 Å². The third kappa shape index (κ3) is 2.08. The molecule has 0 aromatic heterocycles. The smallest absolute Gasteiger partial charge is 0.181 e. The van der Waals surface area contributed by atoms with E-state index in [-0.39, 0.29) is 11.8 Å². The highest BCUT2D eigenvalue weighted by atomic mass is 19.2. The van der Waals surface area contributed by atoms with Gasteiger partial charge in [0.15, 0.2) is 11.6 Å². The van der Waals surface area contributed by atoms with E-state index >= 15 is 0 Å². The van der Waals surface area contributed by atoms with Crippen molar-refractivity contribution in [2.45, 2.75) is 6.10 Å². The summed E-state index contributed by atoms with van der Waals surface area (Å²) in [5, 5.41) is 3.10. The van der Waals surface area contributed by atoms with Gasteiger partial charge in [0.05, 0.1) is 18.4 Å². The maximum atomic E-state index is 13.1. The molecule has 0 amide bonds. The quantitative estimate of drug-likeness (QED) is 0.691. The lowest BCUT2D eigenvalue weighted by atomic mass is 10.1. The minimum absolute atomic E-state index is 0.181. The van der Waals surface area contributed by atoms with Crippen molar-refractivity contribution in [1.82, 2.24) is 5.32 Å². The molecule has 0 radical (unpaired) electrons. The predicted octanol–water partition coefficient (Wildman–Crippen LogP) is 1.21. The van der Waals surface area contributed by atoms with Gasteiger partial charge in [0.2, 0.25) is 0 Å². The van der Waals surface area contributed by atoms with Crippen molar-refractivity contribution >= 4 is 5.69 Å². The Balaban J connectivity index is 2.27. The highest BCUT2D eigenvalue weighted by Gasteiger charge is 2.18. The minimum atomic E-state index is -0.998. The van der Waals surface area contributed by atoms with Gasteiger partial charge < -0.3 is 15.8 Å². The van der Waals surface area contributed by atoms with Crippen LogP contribution in [-0.2, 0) is 4.74 Å². The monoisotopic (exact) mass is 214 g/mol. The summed E-state index contributed by atoms with van der Waals surface area (Å²) in [4.78, 5) is 0. The summed E-state index contributed by atoms with van der Waals surface area (Å²) in [6.45, 7) is 1.92. The van der Waals surface area contributed by atoms with Crippen LogP contribution in [0.15, 0.2) is 12.1 Å². The van der Waals surface area contributed by atoms with E-state index in [2.05, 4.69) is 5.32 Å². The van der Waals surface area contributed by atoms with Gasteiger partial charge in [0.25, 0.3) is 0 Å². The van der Waals surface area contributed by atoms with Crippen molar-refractivity contribution < 1.29 is 13.5 Å². The lowest BCUT2D eigenvalue weighted by molar-refractivity contribution is 0.0275. The maximum Gasteiger partial charge on any atom is 0.181 e. The van der Waals surface area contributed by atoms with Gasteiger partial charge in [-0.1, -0.05) is 0 Å². The van der Waals surface area contributed by atoms with Gasteiger partial charge in [-0.15, -0.1) is 0 Å². The first-order valence-corrected chi connectivity index (χ1v) is 4.75. The van der Waals surface area contributed by atoms with Gasteiger partial charge in [-0.25, -0.2) is 8.78 Å². The zero-order valence-electron chi connectivity index (χ0n) is 8.09. The van der Waals surface area contributed by atoms with Crippen molar-refractivity contribution in [2.75, 3.05) is 25.4 Å². The summed E-state index contributed by atoms with van der Waals surface area (Å²) in [6.07, 6.45) is -0.254. The Morgan fingerprint density at radius 2 is 2.20 bits per heavy atom. The number of nitrogens with one attached hydrogen (secondary N) is 1. The lowest BCUT2D eigenvalue weighted by Crippen LogP contribution is -2.33. The molecule has 0 bridgehead atoms. The minimum Gasteiger partial charge on any atom is -0.396 e. The van der Waals surface area contributed by atoms with Crippen molar-refractivity contribution in [2.24, 2.45) is 0 Å². The Kier molecular flexibility index (Phi) is 2.83. The number of halogens is 2. The Hall–Kier alpha value is -1.20. The van der Waals surface area contributed by atoms with Crippen molar-refractivity contribution in [3.8, 4) is 0 Å². The predicted molar refractivity (Wildman–Crippen MR) is 52.3 cm³/mol. The van der Waals surface area contributed by atoms with Crippen LogP contribution in [0.4, 0.5) is 14.5 Å². The molecule has 3 nitrogen and oxygen atoms in total. The SMILES string of the molecule is Nc1cc(C2CNCCO2)cc(F)c1F. The van der Waals surface area contributed by atoms with E-state index in [1.165, 1.54) is 6.07 Å². The molecular weight excluding hydrogens is 202 g/mol. The van der Waals surface area contributed by atoms with Crippen LogP contribution in [0, 0.1) is 11.6 Å². The number of rotatable bonds is 1. The molecule has 5 heteroatoms. The Morgan fingerprint density at radius 3 is 2.80 bits per heavy atom. The van der Waals surface area contributed by atoms with Crippen LogP contribution in [0.3, 0.4) is 0 Å². The second kappa shape index (κ2) is 4.12. The van der Waals surface area contributed by atoms with Gasteiger partial charge in [-0.2, -0.15) is 0 Å². The van der Waals surface area contributed by atoms with E-state index < -0.39 is 11.6 Å². The standard InChI is InChI=1S/C10H12F2N2O/c11-7-3-6(4-8(13)10(7)12)9-5-14-1-2-15-9/h3-4,9,14H,1-2,5,13H2. The summed E-state index contributed by atoms with van der Waals surface area (Å²) >= 11 is 0. The molecular formula is C10H12F2N2O. The van der Waals surface area contributed by atoms with E-state index in [9.17, 15) is 8.78 Å². The Bertz CT molecular complexity index is 341. The molecule has 1 atom stereocenters. The number of benzene rings is 1. The fourth-order valence-corrected chi connectivity index (χ4v) is 1.60. The lowest BCUT2D eigenvalue weighted by Gasteiger charge is -2.24. The molecule has 3 N–H and O–H groups in total. The van der Waals surface area contributed by atoms with Crippen molar-refractivity contribution in [1.29, 1.82) is 0 Å². The molecule has 15 heavy (non-hydrogen) atoms. The first kappa shape index (κ1) is 10.3.